The number of hydrogen-bond donors (Lipinski definition) is 1. The molecule has 72 valence electrons. The second-order valence-corrected chi connectivity index (χ2v) is 3.14. The van der Waals surface area contributed by atoms with Gasteiger partial charge < -0.3 is 10.5 Å². The molecule has 0 aliphatic heterocycles. The van der Waals surface area contributed by atoms with Crippen molar-refractivity contribution in [2.75, 3.05) is 13.2 Å². The van der Waals surface area contributed by atoms with Crippen molar-refractivity contribution in [1.29, 1.82) is 0 Å². The topological polar surface area (TPSA) is 35.2 Å². The fourth-order valence-corrected chi connectivity index (χ4v) is 1.21. The van der Waals surface area contributed by atoms with Gasteiger partial charge >= 0.3 is 0 Å². The summed E-state index contributed by atoms with van der Waals surface area (Å²) in [6, 6.07) is 8.11. The molecule has 0 fully saturated rings. The Hall–Kier alpha value is -1.02. The van der Waals surface area contributed by atoms with Crippen molar-refractivity contribution in [3.63, 3.8) is 0 Å². The second kappa shape index (κ2) is 4.87. The van der Waals surface area contributed by atoms with E-state index in [1.165, 1.54) is 5.56 Å². The minimum atomic E-state index is 0.403. The molecule has 0 radical (unpaired) electrons. The lowest BCUT2D eigenvalue weighted by Crippen LogP contribution is -2.08. The minimum absolute atomic E-state index is 0.403. The van der Waals surface area contributed by atoms with E-state index in [4.69, 9.17) is 10.5 Å². The summed E-state index contributed by atoms with van der Waals surface area (Å²) < 4.78 is 5.40. The molecule has 0 aliphatic carbocycles. The van der Waals surface area contributed by atoms with E-state index >= 15 is 0 Å². The molecule has 2 nitrogen and oxygen atoms in total. The second-order valence-electron chi connectivity index (χ2n) is 3.14. The van der Waals surface area contributed by atoms with Gasteiger partial charge in [0.1, 0.15) is 5.75 Å². The third-order valence-corrected chi connectivity index (χ3v) is 2.09. The zero-order valence-corrected chi connectivity index (χ0v) is 8.29. The van der Waals surface area contributed by atoms with E-state index in [0.29, 0.717) is 19.1 Å². The molecule has 0 bridgehead atoms. The number of ether oxygens (including phenoxy) is 1. The predicted octanol–water partition coefficient (Wildman–Crippen LogP) is 2.15. The van der Waals surface area contributed by atoms with Crippen LogP contribution < -0.4 is 10.5 Å². The van der Waals surface area contributed by atoms with Crippen molar-refractivity contribution < 1.29 is 4.74 Å². The van der Waals surface area contributed by atoms with E-state index in [1.54, 1.807) is 0 Å². The predicted molar refractivity (Wildman–Crippen MR) is 55.1 cm³/mol. The van der Waals surface area contributed by atoms with Crippen molar-refractivity contribution in [3.8, 4) is 5.75 Å². The van der Waals surface area contributed by atoms with Crippen molar-refractivity contribution >= 4 is 0 Å². The molecule has 2 heteroatoms. The van der Waals surface area contributed by atoms with Gasteiger partial charge in [-0.15, -0.1) is 0 Å². The van der Waals surface area contributed by atoms with Crippen LogP contribution in [0.4, 0.5) is 0 Å². The van der Waals surface area contributed by atoms with Gasteiger partial charge in [0.2, 0.25) is 0 Å². The van der Waals surface area contributed by atoms with Crippen LogP contribution >= 0.6 is 0 Å². The van der Waals surface area contributed by atoms with Crippen molar-refractivity contribution in [3.05, 3.63) is 29.8 Å². The van der Waals surface area contributed by atoms with Crippen molar-refractivity contribution in [2.45, 2.75) is 19.8 Å². The summed E-state index contributed by atoms with van der Waals surface area (Å²) in [6.07, 6.45) is 0. The summed E-state index contributed by atoms with van der Waals surface area (Å²) >= 11 is 0. The molecule has 1 atom stereocenters. The first kappa shape index (κ1) is 10.1. The van der Waals surface area contributed by atoms with Crippen LogP contribution in [-0.2, 0) is 0 Å². The van der Waals surface area contributed by atoms with E-state index in [1.807, 2.05) is 19.1 Å². The Labute approximate surface area is 79.7 Å². The molecule has 0 amide bonds. The van der Waals surface area contributed by atoms with E-state index < -0.39 is 0 Å². The summed E-state index contributed by atoms with van der Waals surface area (Å²) in [4.78, 5) is 0. The number of nitrogens with two attached hydrogens (primary N) is 1. The molecule has 1 rings (SSSR count). The summed E-state index contributed by atoms with van der Waals surface area (Å²) in [5.41, 5.74) is 6.83. The highest BCUT2D eigenvalue weighted by molar-refractivity contribution is 5.30. The monoisotopic (exact) mass is 179 g/mol. The highest BCUT2D eigenvalue weighted by Crippen LogP contribution is 2.19. The quantitative estimate of drug-likeness (QED) is 0.768. The third kappa shape index (κ3) is 2.74. The molecule has 0 saturated carbocycles. The fourth-order valence-electron chi connectivity index (χ4n) is 1.21. The maximum absolute atomic E-state index is 5.59. The maximum atomic E-state index is 5.59. The zero-order valence-electron chi connectivity index (χ0n) is 8.29. The molecule has 0 aromatic heterocycles. The van der Waals surface area contributed by atoms with Gasteiger partial charge in [-0.25, -0.2) is 0 Å². The first-order chi connectivity index (χ1) is 6.27. The summed E-state index contributed by atoms with van der Waals surface area (Å²) in [5, 5.41) is 0. The summed E-state index contributed by atoms with van der Waals surface area (Å²) in [6.45, 7) is 5.49. The lowest BCUT2D eigenvalue weighted by molar-refractivity contribution is 0.339. The average molecular weight is 179 g/mol. The van der Waals surface area contributed by atoms with Crippen LogP contribution in [0.15, 0.2) is 24.3 Å². The number of benzene rings is 1. The van der Waals surface area contributed by atoms with Crippen LogP contribution in [0.5, 0.6) is 5.75 Å². The van der Waals surface area contributed by atoms with Gasteiger partial charge in [0, 0.05) is 0 Å². The van der Waals surface area contributed by atoms with Gasteiger partial charge in [-0.05, 0) is 37.1 Å². The Bertz CT molecular complexity index is 260. The fraction of sp³-hybridized carbons (Fsp3) is 0.455. The Balaban J connectivity index is 2.78. The lowest BCUT2D eigenvalue weighted by atomic mass is 10.0. The summed E-state index contributed by atoms with van der Waals surface area (Å²) in [5.74, 6) is 1.33. The van der Waals surface area contributed by atoms with Crippen molar-refractivity contribution in [2.24, 2.45) is 5.73 Å². The Morgan fingerprint density at radius 1 is 1.46 bits per heavy atom. The number of hydrogen-bond acceptors (Lipinski definition) is 2. The van der Waals surface area contributed by atoms with E-state index in [2.05, 4.69) is 19.1 Å². The highest BCUT2D eigenvalue weighted by Gasteiger charge is 2.03. The normalized spacial score (nSPS) is 12.5. The first-order valence-corrected chi connectivity index (χ1v) is 4.70. The van der Waals surface area contributed by atoms with Crippen LogP contribution in [0, 0.1) is 0 Å². The minimum Gasteiger partial charge on any atom is -0.494 e. The zero-order chi connectivity index (χ0) is 9.68. The van der Waals surface area contributed by atoms with Gasteiger partial charge in [0.05, 0.1) is 6.61 Å². The largest absolute Gasteiger partial charge is 0.494 e. The van der Waals surface area contributed by atoms with E-state index in [0.717, 1.165) is 5.75 Å². The maximum Gasteiger partial charge on any atom is 0.119 e. The molecular weight excluding hydrogens is 162 g/mol. The van der Waals surface area contributed by atoms with E-state index in [9.17, 15) is 0 Å². The molecule has 2 N–H and O–H groups in total. The smallest absolute Gasteiger partial charge is 0.119 e. The average Bonchev–Trinajstić information content (AvgIpc) is 2.18. The van der Waals surface area contributed by atoms with Crippen molar-refractivity contribution in [1.82, 2.24) is 0 Å². The van der Waals surface area contributed by atoms with Gasteiger partial charge in [-0.1, -0.05) is 19.1 Å². The molecule has 13 heavy (non-hydrogen) atoms. The molecule has 1 unspecified atom stereocenters. The molecule has 0 aliphatic rings. The van der Waals surface area contributed by atoms with E-state index in [-0.39, 0.29) is 0 Å². The first-order valence-electron chi connectivity index (χ1n) is 4.70. The lowest BCUT2D eigenvalue weighted by Gasteiger charge is -2.10. The Kier molecular flexibility index (Phi) is 3.77. The molecule has 0 heterocycles. The third-order valence-electron chi connectivity index (χ3n) is 2.09. The Morgan fingerprint density at radius 2 is 2.23 bits per heavy atom. The number of rotatable bonds is 4. The van der Waals surface area contributed by atoms with Crippen LogP contribution in [-0.4, -0.2) is 13.2 Å². The summed E-state index contributed by atoms with van der Waals surface area (Å²) in [7, 11) is 0. The molecule has 1 aromatic rings. The van der Waals surface area contributed by atoms with Gasteiger partial charge in [0.25, 0.3) is 0 Å². The molecular formula is C11H17NO. The van der Waals surface area contributed by atoms with Crippen LogP contribution in [0.25, 0.3) is 0 Å². The standard InChI is InChI=1S/C11H17NO/c1-3-13-11-6-4-5-10(7-11)9(2)8-12/h4-7,9H,3,8,12H2,1-2H3. The molecule has 0 spiro atoms. The van der Waals surface area contributed by atoms with Gasteiger partial charge in [0.15, 0.2) is 0 Å². The Morgan fingerprint density at radius 3 is 2.85 bits per heavy atom. The van der Waals surface area contributed by atoms with Crippen LogP contribution in [0.3, 0.4) is 0 Å². The highest BCUT2D eigenvalue weighted by atomic mass is 16.5. The molecule has 0 saturated heterocycles. The van der Waals surface area contributed by atoms with Crippen LogP contribution in [0.1, 0.15) is 25.3 Å². The van der Waals surface area contributed by atoms with Gasteiger partial charge in [-0.2, -0.15) is 0 Å². The van der Waals surface area contributed by atoms with Crippen LogP contribution in [0.2, 0.25) is 0 Å². The molecule has 1 aromatic carbocycles. The SMILES string of the molecule is CCOc1cccc(C(C)CN)c1. The van der Waals surface area contributed by atoms with Gasteiger partial charge in [-0.3, -0.25) is 0 Å².